The Balaban J connectivity index is 3.71. The van der Waals surface area contributed by atoms with E-state index in [2.05, 4.69) is 25.7 Å². The minimum absolute atomic E-state index is 0.219. The molecule has 1 atom stereocenters. The van der Waals surface area contributed by atoms with Gasteiger partial charge in [0, 0.05) is 5.92 Å². The first-order valence-corrected chi connectivity index (χ1v) is 5.68. The second-order valence-corrected chi connectivity index (χ2v) is 4.70. The Kier molecular flexibility index (Phi) is 6.81. The van der Waals surface area contributed by atoms with Crippen molar-refractivity contribution in [1.29, 1.82) is 0 Å². The Morgan fingerprint density at radius 2 is 1.86 bits per heavy atom. The summed E-state index contributed by atoms with van der Waals surface area (Å²) in [4.78, 5) is 13.7. The van der Waals surface area contributed by atoms with Crippen LogP contribution in [0.3, 0.4) is 0 Å². The molecule has 84 valence electrons. The number of hydrogen-bond donors (Lipinski definition) is 0. The van der Waals surface area contributed by atoms with Crippen LogP contribution in [-0.2, 0) is 4.79 Å². The lowest BCUT2D eigenvalue weighted by molar-refractivity contribution is -0.123. The second-order valence-electron chi connectivity index (χ2n) is 4.70. The zero-order valence-corrected chi connectivity index (χ0v) is 10.3. The Labute approximate surface area is 88.7 Å². The number of carbonyl (C=O) groups excluding carboxylic acids is 1. The van der Waals surface area contributed by atoms with Gasteiger partial charge in [-0.3, -0.25) is 9.69 Å². The van der Waals surface area contributed by atoms with Crippen LogP contribution in [0.25, 0.3) is 0 Å². The summed E-state index contributed by atoms with van der Waals surface area (Å²) >= 11 is 0. The smallest absolute Gasteiger partial charge is 0.149 e. The lowest BCUT2D eigenvalue weighted by Crippen LogP contribution is -2.30. The van der Waals surface area contributed by atoms with E-state index in [1.165, 1.54) is 6.42 Å². The van der Waals surface area contributed by atoms with Crippen molar-refractivity contribution in [1.82, 2.24) is 4.90 Å². The van der Waals surface area contributed by atoms with Crippen molar-refractivity contribution in [3.8, 4) is 0 Å². The van der Waals surface area contributed by atoms with Crippen LogP contribution in [0.2, 0.25) is 0 Å². The molecule has 0 aliphatic rings. The first-order chi connectivity index (χ1) is 6.47. The molecule has 0 saturated heterocycles. The molecule has 0 rings (SSSR count). The van der Waals surface area contributed by atoms with Crippen molar-refractivity contribution in [2.75, 3.05) is 20.1 Å². The first-order valence-electron chi connectivity index (χ1n) is 5.68. The van der Waals surface area contributed by atoms with Gasteiger partial charge < -0.3 is 0 Å². The predicted molar refractivity (Wildman–Crippen MR) is 61.4 cm³/mol. The van der Waals surface area contributed by atoms with Crippen LogP contribution >= 0.6 is 0 Å². The Hall–Kier alpha value is -0.370. The van der Waals surface area contributed by atoms with E-state index in [4.69, 9.17) is 0 Å². The molecule has 0 aliphatic carbocycles. The van der Waals surface area contributed by atoms with Gasteiger partial charge in [-0.05, 0) is 32.4 Å². The van der Waals surface area contributed by atoms with Gasteiger partial charge in [-0.15, -0.1) is 0 Å². The molecule has 0 bridgehead atoms. The number of ketones is 1. The van der Waals surface area contributed by atoms with Gasteiger partial charge in [0.2, 0.25) is 0 Å². The molecular weight excluding hydrogens is 174 g/mol. The summed E-state index contributed by atoms with van der Waals surface area (Å²) in [7, 11) is 2.03. The number of nitrogens with zero attached hydrogens (tertiary/aromatic N) is 1. The maximum atomic E-state index is 11.6. The van der Waals surface area contributed by atoms with E-state index < -0.39 is 0 Å². The third kappa shape index (κ3) is 6.14. The van der Waals surface area contributed by atoms with E-state index in [1.54, 1.807) is 0 Å². The first kappa shape index (κ1) is 13.6. The van der Waals surface area contributed by atoms with Crippen LogP contribution in [0.5, 0.6) is 0 Å². The number of rotatable bonds is 7. The fourth-order valence-corrected chi connectivity index (χ4v) is 1.21. The summed E-state index contributed by atoms with van der Waals surface area (Å²) < 4.78 is 0. The van der Waals surface area contributed by atoms with Gasteiger partial charge in [-0.25, -0.2) is 0 Å². The normalized spacial score (nSPS) is 13.6. The van der Waals surface area contributed by atoms with Crippen LogP contribution in [0.1, 0.15) is 40.5 Å². The van der Waals surface area contributed by atoms with Crippen LogP contribution in [0.15, 0.2) is 0 Å². The summed E-state index contributed by atoms with van der Waals surface area (Å²) in [5, 5.41) is 0. The average Bonchev–Trinajstić information content (AvgIpc) is 2.13. The van der Waals surface area contributed by atoms with E-state index in [1.807, 2.05) is 14.0 Å². The molecule has 0 aromatic rings. The van der Waals surface area contributed by atoms with Crippen molar-refractivity contribution in [3.05, 3.63) is 0 Å². The largest absolute Gasteiger partial charge is 0.299 e. The highest BCUT2D eigenvalue weighted by atomic mass is 16.1. The van der Waals surface area contributed by atoms with E-state index >= 15 is 0 Å². The summed E-state index contributed by atoms with van der Waals surface area (Å²) in [6, 6.07) is 0. The van der Waals surface area contributed by atoms with Gasteiger partial charge >= 0.3 is 0 Å². The molecule has 0 heterocycles. The Morgan fingerprint density at radius 1 is 1.29 bits per heavy atom. The van der Waals surface area contributed by atoms with Crippen molar-refractivity contribution in [3.63, 3.8) is 0 Å². The highest BCUT2D eigenvalue weighted by molar-refractivity contribution is 5.82. The molecule has 1 unspecified atom stereocenters. The second kappa shape index (κ2) is 6.99. The van der Waals surface area contributed by atoms with Gasteiger partial charge in [0.05, 0.1) is 6.54 Å². The molecule has 0 aliphatic heterocycles. The molecule has 14 heavy (non-hydrogen) atoms. The molecule has 0 fully saturated rings. The Morgan fingerprint density at radius 3 is 2.29 bits per heavy atom. The van der Waals surface area contributed by atoms with E-state index in [0.717, 1.165) is 18.9 Å². The zero-order valence-electron chi connectivity index (χ0n) is 10.3. The predicted octanol–water partition coefficient (Wildman–Crippen LogP) is 2.58. The summed E-state index contributed by atoms with van der Waals surface area (Å²) in [6.07, 6.45) is 2.13. The lowest BCUT2D eigenvalue weighted by atomic mass is 10.0. The highest BCUT2D eigenvalue weighted by Crippen LogP contribution is 2.05. The lowest BCUT2D eigenvalue weighted by Gasteiger charge is -2.18. The van der Waals surface area contributed by atoms with Crippen LogP contribution in [0.4, 0.5) is 0 Å². The number of likely N-dealkylation sites (N-methyl/N-ethyl adjacent to an activating group) is 1. The topological polar surface area (TPSA) is 20.3 Å². The SMILES string of the molecule is CCC(C)C(=O)CN(C)CCC(C)C. The van der Waals surface area contributed by atoms with Crippen molar-refractivity contribution >= 4 is 5.78 Å². The summed E-state index contributed by atoms with van der Waals surface area (Å²) in [5.41, 5.74) is 0. The van der Waals surface area contributed by atoms with Gasteiger partial charge in [-0.2, -0.15) is 0 Å². The molecule has 0 radical (unpaired) electrons. The molecule has 0 aromatic carbocycles. The summed E-state index contributed by atoms with van der Waals surface area (Å²) in [6.45, 7) is 10.1. The van der Waals surface area contributed by atoms with Crippen molar-refractivity contribution in [2.45, 2.75) is 40.5 Å². The number of hydrogen-bond acceptors (Lipinski definition) is 2. The van der Waals surface area contributed by atoms with E-state index in [-0.39, 0.29) is 5.92 Å². The maximum absolute atomic E-state index is 11.6. The fraction of sp³-hybridized carbons (Fsp3) is 0.917. The molecule has 0 amide bonds. The third-order valence-corrected chi connectivity index (χ3v) is 2.68. The van der Waals surface area contributed by atoms with Crippen LogP contribution in [-0.4, -0.2) is 30.8 Å². The Bertz CT molecular complexity index is 166. The standard InChI is InChI=1S/C12H25NO/c1-6-11(4)12(14)9-13(5)8-7-10(2)3/h10-11H,6-9H2,1-5H3. The summed E-state index contributed by atoms with van der Waals surface area (Å²) in [5.74, 6) is 1.31. The number of carbonyl (C=O) groups is 1. The third-order valence-electron chi connectivity index (χ3n) is 2.68. The number of Topliss-reactive ketones (excluding diaryl/α,β-unsaturated/α-hetero) is 1. The average molecular weight is 199 g/mol. The molecule has 0 spiro atoms. The minimum Gasteiger partial charge on any atom is -0.299 e. The molecule has 0 saturated carbocycles. The minimum atomic E-state index is 0.219. The monoisotopic (exact) mass is 199 g/mol. The quantitative estimate of drug-likeness (QED) is 0.628. The molecule has 0 aromatic heterocycles. The maximum Gasteiger partial charge on any atom is 0.149 e. The van der Waals surface area contributed by atoms with Crippen molar-refractivity contribution < 1.29 is 4.79 Å². The zero-order chi connectivity index (χ0) is 11.1. The molecule has 0 N–H and O–H groups in total. The van der Waals surface area contributed by atoms with Crippen molar-refractivity contribution in [2.24, 2.45) is 11.8 Å². The van der Waals surface area contributed by atoms with E-state index in [0.29, 0.717) is 12.3 Å². The molecular formula is C12H25NO. The van der Waals surface area contributed by atoms with Gasteiger partial charge in [-0.1, -0.05) is 27.7 Å². The molecule has 2 heteroatoms. The van der Waals surface area contributed by atoms with Crippen LogP contribution < -0.4 is 0 Å². The fourth-order valence-electron chi connectivity index (χ4n) is 1.21. The molecule has 2 nitrogen and oxygen atoms in total. The van der Waals surface area contributed by atoms with Gasteiger partial charge in [0.1, 0.15) is 5.78 Å². The highest BCUT2D eigenvalue weighted by Gasteiger charge is 2.12. The van der Waals surface area contributed by atoms with E-state index in [9.17, 15) is 4.79 Å². The van der Waals surface area contributed by atoms with Gasteiger partial charge in [0.15, 0.2) is 0 Å². The van der Waals surface area contributed by atoms with Crippen LogP contribution in [0, 0.1) is 11.8 Å². The van der Waals surface area contributed by atoms with Gasteiger partial charge in [0.25, 0.3) is 0 Å².